The first-order chi connectivity index (χ1) is 8.56. The molecule has 1 aromatic heterocycles. The van der Waals surface area contributed by atoms with Gasteiger partial charge in [0.05, 0.1) is 11.0 Å². The number of rotatable bonds is 4. The highest BCUT2D eigenvalue weighted by atomic mass is 79.9. The van der Waals surface area contributed by atoms with Gasteiger partial charge in [0, 0.05) is 6.04 Å². The van der Waals surface area contributed by atoms with Gasteiger partial charge in [-0.25, -0.2) is 4.39 Å². The van der Waals surface area contributed by atoms with Crippen molar-refractivity contribution in [3.8, 4) is 0 Å². The van der Waals surface area contributed by atoms with Gasteiger partial charge in [0.15, 0.2) is 0 Å². The molecule has 0 saturated heterocycles. The van der Waals surface area contributed by atoms with E-state index in [0.717, 1.165) is 17.1 Å². The summed E-state index contributed by atoms with van der Waals surface area (Å²) in [5.41, 5.74) is 1.03. The first-order valence-electron chi connectivity index (χ1n) is 5.80. The third-order valence-electron chi connectivity index (χ3n) is 2.82. The van der Waals surface area contributed by atoms with Crippen molar-refractivity contribution in [2.45, 2.75) is 26.4 Å². The molecule has 96 valence electrons. The van der Waals surface area contributed by atoms with Gasteiger partial charge in [-0.15, -0.1) is 0 Å². The zero-order valence-electron chi connectivity index (χ0n) is 10.3. The predicted octanol–water partition coefficient (Wildman–Crippen LogP) is 4.34. The Balaban J connectivity index is 1.99. The van der Waals surface area contributed by atoms with Crippen molar-refractivity contribution in [3.63, 3.8) is 0 Å². The Kier molecular flexibility index (Phi) is 4.19. The molecular formula is C14H15BrFNO. The van der Waals surface area contributed by atoms with Crippen LogP contribution in [-0.4, -0.2) is 0 Å². The maximum Gasteiger partial charge on any atom is 0.137 e. The van der Waals surface area contributed by atoms with E-state index in [9.17, 15) is 4.39 Å². The summed E-state index contributed by atoms with van der Waals surface area (Å²) in [4.78, 5) is 0. The van der Waals surface area contributed by atoms with Crippen molar-refractivity contribution < 1.29 is 8.81 Å². The zero-order chi connectivity index (χ0) is 13.1. The number of aryl methyl sites for hydroxylation is 1. The Labute approximate surface area is 114 Å². The standard InChI is InChI=1S/C14H15BrFNO/c1-9-3-5-12(18-9)8-17-10(2)11-4-6-14(16)13(15)7-11/h3-7,10,17H,8H2,1-2H3. The van der Waals surface area contributed by atoms with Gasteiger partial charge in [0.1, 0.15) is 17.3 Å². The summed E-state index contributed by atoms with van der Waals surface area (Å²) < 4.78 is 19.1. The second kappa shape index (κ2) is 5.67. The zero-order valence-corrected chi connectivity index (χ0v) is 11.9. The minimum Gasteiger partial charge on any atom is -0.465 e. The number of hydrogen-bond donors (Lipinski definition) is 1. The van der Waals surface area contributed by atoms with Gasteiger partial charge in [0.25, 0.3) is 0 Å². The molecule has 4 heteroatoms. The molecule has 0 saturated carbocycles. The van der Waals surface area contributed by atoms with E-state index in [2.05, 4.69) is 21.2 Å². The molecule has 0 aliphatic rings. The van der Waals surface area contributed by atoms with E-state index in [-0.39, 0.29) is 11.9 Å². The van der Waals surface area contributed by atoms with Gasteiger partial charge >= 0.3 is 0 Å². The van der Waals surface area contributed by atoms with Crippen LogP contribution in [0.5, 0.6) is 0 Å². The van der Waals surface area contributed by atoms with Crippen LogP contribution in [0.2, 0.25) is 0 Å². The van der Waals surface area contributed by atoms with Crippen LogP contribution in [0.1, 0.15) is 30.0 Å². The van der Waals surface area contributed by atoms with E-state index in [1.165, 1.54) is 6.07 Å². The first kappa shape index (κ1) is 13.3. The van der Waals surface area contributed by atoms with Gasteiger partial charge in [-0.05, 0) is 59.6 Å². The molecule has 1 aromatic carbocycles. The van der Waals surface area contributed by atoms with Gasteiger partial charge in [0.2, 0.25) is 0 Å². The van der Waals surface area contributed by atoms with Gasteiger partial charge < -0.3 is 9.73 Å². The summed E-state index contributed by atoms with van der Waals surface area (Å²) in [6, 6.07) is 9.07. The van der Waals surface area contributed by atoms with E-state index >= 15 is 0 Å². The third-order valence-corrected chi connectivity index (χ3v) is 3.43. The van der Waals surface area contributed by atoms with Crippen LogP contribution in [0.25, 0.3) is 0 Å². The number of benzene rings is 1. The lowest BCUT2D eigenvalue weighted by Crippen LogP contribution is -2.17. The molecule has 1 heterocycles. The van der Waals surface area contributed by atoms with Gasteiger partial charge in [-0.2, -0.15) is 0 Å². The molecule has 2 aromatic rings. The monoisotopic (exact) mass is 311 g/mol. The molecule has 18 heavy (non-hydrogen) atoms. The van der Waals surface area contributed by atoms with Crippen molar-refractivity contribution in [2.75, 3.05) is 0 Å². The quantitative estimate of drug-likeness (QED) is 0.908. The van der Waals surface area contributed by atoms with Crippen molar-refractivity contribution in [1.82, 2.24) is 5.32 Å². The van der Waals surface area contributed by atoms with Crippen LogP contribution in [0.3, 0.4) is 0 Å². The normalized spacial score (nSPS) is 12.7. The van der Waals surface area contributed by atoms with E-state index in [1.807, 2.05) is 26.0 Å². The molecule has 1 atom stereocenters. The number of furan rings is 1. The molecule has 2 rings (SSSR count). The fourth-order valence-corrected chi connectivity index (χ4v) is 2.13. The summed E-state index contributed by atoms with van der Waals surface area (Å²) in [7, 11) is 0. The van der Waals surface area contributed by atoms with E-state index in [0.29, 0.717) is 11.0 Å². The van der Waals surface area contributed by atoms with Crippen molar-refractivity contribution in [3.05, 3.63) is 57.7 Å². The lowest BCUT2D eigenvalue weighted by molar-refractivity contribution is 0.444. The van der Waals surface area contributed by atoms with Crippen LogP contribution < -0.4 is 5.32 Å². The highest BCUT2D eigenvalue weighted by Crippen LogP contribution is 2.21. The summed E-state index contributed by atoms with van der Waals surface area (Å²) in [5.74, 6) is 1.57. The smallest absolute Gasteiger partial charge is 0.137 e. The summed E-state index contributed by atoms with van der Waals surface area (Å²) in [6.45, 7) is 4.61. The van der Waals surface area contributed by atoms with Crippen LogP contribution >= 0.6 is 15.9 Å². The van der Waals surface area contributed by atoms with E-state index in [1.54, 1.807) is 12.1 Å². The Hall–Kier alpha value is -1.13. The molecule has 0 spiro atoms. The molecule has 2 nitrogen and oxygen atoms in total. The highest BCUT2D eigenvalue weighted by molar-refractivity contribution is 9.10. The third kappa shape index (κ3) is 3.21. The summed E-state index contributed by atoms with van der Waals surface area (Å²) >= 11 is 3.19. The molecule has 0 fully saturated rings. The Morgan fingerprint density at radius 3 is 2.72 bits per heavy atom. The van der Waals surface area contributed by atoms with Gasteiger partial charge in [-0.3, -0.25) is 0 Å². The highest BCUT2D eigenvalue weighted by Gasteiger charge is 2.08. The Morgan fingerprint density at radius 1 is 1.33 bits per heavy atom. The second-order valence-corrected chi connectivity index (χ2v) is 5.14. The Morgan fingerprint density at radius 2 is 2.11 bits per heavy atom. The summed E-state index contributed by atoms with van der Waals surface area (Å²) in [5, 5.41) is 3.34. The minimum atomic E-state index is -0.243. The molecule has 0 amide bonds. The maximum absolute atomic E-state index is 13.1. The molecule has 0 bridgehead atoms. The first-order valence-corrected chi connectivity index (χ1v) is 6.59. The SMILES string of the molecule is Cc1ccc(CNC(C)c2ccc(F)c(Br)c2)o1. The lowest BCUT2D eigenvalue weighted by Gasteiger charge is -2.13. The fourth-order valence-electron chi connectivity index (χ4n) is 1.73. The largest absolute Gasteiger partial charge is 0.465 e. The minimum absolute atomic E-state index is 0.132. The number of hydrogen-bond acceptors (Lipinski definition) is 2. The van der Waals surface area contributed by atoms with Gasteiger partial charge in [-0.1, -0.05) is 6.07 Å². The van der Waals surface area contributed by atoms with Crippen molar-refractivity contribution in [1.29, 1.82) is 0 Å². The molecule has 1 unspecified atom stereocenters. The second-order valence-electron chi connectivity index (χ2n) is 4.29. The molecule has 0 aliphatic heterocycles. The van der Waals surface area contributed by atoms with Crippen LogP contribution in [-0.2, 0) is 6.54 Å². The van der Waals surface area contributed by atoms with Crippen LogP contribution in [0.4, 0.5) is 4.39 Å². The lowest BCUT2D eigenvalue weighted by atomic mass is 10.1. The number of nitrogens with one attached hydrogen (secondary N) is 1. The molecule has 0 aliphatic carbocycles. The van der Waals surface area contributed by atoms with Crippen molar-refractivity contribution >= 4 is 15.9 Å². The molecular weight excluding hydrogens is 297 g/mol. The molecule has 0 radical (unpaired) electrons. The van der Waals surface area contributed by atoms with Crippen LogP contribution in [0, 0.1) is 12.7 Å². The number of halogens is 2. The average Bonchev–Trinajstić information content (AvgIpc) is 2.75. The maximum atomic E-state index is 13.1. The van der Waals surface area contributed by atoms with Crippen LogP contribution in [0.15, 0.2) is 39.2 Å². The predicted molar refractivity (Wildman–Crippen MR) is 72.8 cm³/mol. The topological polar surface area (TPSA) is 25.2 Å². The van der Waals surface area contributed by atoms with E-state index < -0.39 is 0 Å². The van der Waals surface area contributed by atoms with E-state index in [4.69, 9.17) is 4.42 Å². The fraction of sp³-hybridized carbons (Fsp3) is 0.286. The Bertz CT molecular complexity index is 538. The average molecular weight is 312 g/mol. The van der Waals surface area contributed by atoms with Crippen molar-refractivity contribution in [2.24, 2.45) is 0 Å². The summed E-state index contributed by atoms with van der Waals surface area (Å²) in [6.07, 6.45) is 0. The molecule has 1 N–H and O–H groups in total.